The molecular weight excluding hydrogens is 486 g/mol. The summed E-state index contributed by atoms with van der Waals surface area (Å²) in [4.78, 5) is 28.3. The van der Waals surface area contributed by atoms with Crippen LogP contribution < -0.4 is 18.9 Å². The Labute approximate surface area is 221 Å². The van der Waals surface area contributed by atoms with E-state index in [9.17, 15) is 14.7 Å². The number of likely N-dealkylation sites (tertiary alicyclic amines) is 1. The molecule has 1 N–H and O–H groups in total. The first kappa shape index (κ1) is 25.2. The number of nitrogens with zero attached hydrogens (tertiary/aromatic N) is 1. The SMILES string of the molecule is CCOc1ccc([C@@H]2/C(=C(\O)c3ccc4c(c3)OCCO4)C(=O)C(=O)N2CCc2ccccc2)cc1OC. The van der Waals surface area contributed by atoms with Gasteiger partial charge in [0.1, 0.15) is 19.0 Å². The third kappa shape index (κ3) is 4.77. The molecule has 2 aliphatic rings. The molecule has 0 aliphatic carbocycles. The third-order valence-electron chi connectivity index (χ3n) is 6.64. The first-order valence-corrected chi connectivity index (χ1v) is 12.5. The Morgan fingerprint density at radius 1 is 0.974 bits per heavy atom. The Balaban J connectivity index is 1.60. The van der Waals surface area contributed by atoms with Crippen LogP contribution in [0.2, 0.25) is 0 Å². The summed E-state index contributed by atoms with van der Waals surface area (Å²) in [6.45, 7) is 3.43. The quantitative estimate of drug-likeness (QED) is 0.268. The Morgan fingerprint density at radius 3 is 2.47 bits per heavy atom. The Kier molecular flexibility index (Phi) is 7.22. The zero-order chi connectivity index (χ0) is 26.6. The normalized spacial score (nSPS) is 17.9. The van der Waals surface area contributed by atoms with E-state index in [0.29, 0.717) is 60.4 Å². The van der Waals surface area contributed by atoms with Crippen molar-refractivity contribution in [2.24, 2.45) is 0 Å². The van der Waals surface area contributed by atoms with Gasteiger partial charge in [-0.2, -0.15) is 0 Å². The lowest BCUT2D eigenvalue weighted by atomic mass is 9.94. The molecule has 196 valence electrons. The largest absolute Gasteiger partial charge is 0.507 e. The van der Waals surface area contributed by atoms with Gasteiger partial charge in [0, 0.05) is 12.1 Å². The van der Waals surface area contributed by atoms with Crippen molar-refractivity contribution in [1.29, 1.82) is 0 Å². The van der Waals surface area contributed by atoms with Gasteiger partial charge in [-0.3, -0.25) is 9.59 Å². The third-order valence-corrected chi connectivity index (χ3v) is 6.64. The van der Waals surface area contributed by atoms with Crippen molar-refractivity contribution >= 4 is 17.4 Å². The summed E-state index contributed by atoms with van der Waals surface area (Å²) in [5, 5.41) is 11.4. The van der Waals surface area contributed by atoms with Crippen LogP contribution in [0.4, 0.5) is 0 Å². The van der Waals surface area contributed by atoms with Crippen molar-refractivity contribution in [3.05, 3.63) is 89.0 Å². The predicted molar refractivity (Wildman–Crippen MR) is 141 cm³/mol. The van der Waals surface area contributed by atoms with E-state index in [2.05, 4.69) is 0 Å². The van der Waals surface area contributed by atoms with E-state index in [4.69, 9.17) is 18.9 Å². The first-order chi connectivity index (χ1) is 18.5. The minimum absolute atomic E-state index is 0.00551. The molecular formula is C30H29NO7. The molecule has 1 fully saturated rings. The van der Waals surface area contributed by atoms with Crippen LogP contribution in [0, 0.1) is 0 Å². The number of ketones is 1. The lowest BCUT2D eigenvalue weighted by Crippen LogP contribution is -2.31. The smallest absolute Gasteiger partial charge is 0.295 e. The maximum absolute atomic E-state index is 13.4. The van der Waals surface area contributed by atoms with Crippen LogP contribution in [0.3, 0.4) is 0 Å². The van der Waals surface area contributed by atoms with E-state index in [-0.39, 0.29) is 17.9 Å². The summed E-state index contributed by atoms with van der Waals surface area (Å²) in [6.07, 6.45) is 0.544. The molecule has 0 saturated carbocycles. The highest BCUT2D eigenvalue weighted by Gasteiger charge is 2.46. The van der Waals surface area contributed by atoms with Gasteiger partial charge in [-0.05, 0) is 54.8 Å². The highest BCUT2D eigenvalue weighted by atomic mass is 16.6. The molecule has 8 nitrogen and oxygen atoms in total. The number of rotatable bonds is 8. The second kappa shape index (κ2) is 10.9. The van der Waals surface area contributed by atoms with Crippen molar-refractivity contribution < 1.29 is 33.6 Å². The summed E-state index contributed by atoms with van der Waals surface area (Å²) >= 11 is 0. The van der Waals surface area contributed by atoms with E-state index in [1.807, 2.05) is 37.3 Å². The minimum Gasteiger partial charge on any atom is -0.507 e. The van der Waals surface area contributed by atoms with Gasteiger partial charge in [0.2, 0.25) is 0 Å². The molecule has 1 atom stereocenters. The van der Waals surface area contributed by atoms with Crippen molar-refractivity contribution in [1.82, 2.24) is 4.90 Å². The summed E-state index contributed by atoms with van der Waals surface area (Å²) in [5.74, 6) is 0.354. The van der Waals surface area contributed by atoms with Gasteiger partial charge in [-0.15, -0.1) is 0 Å². The number of benzene rings is 3. The molecule has 0 bridgehead atoms. The highest BCUT2D eigenvalue weighted by molar-refractivity contribution is 6.46. The molecule has 0 spiro atoms. The molecule has 2 heterocycles. The van der Waals surface area contributed by atoms with Crippen LogP contribution in [0.1, 0.15) is 29.7 Å². The zero-order valence-corrected chi connectivity index (χ0v) is 21.3. The molecule has 38 heavy (non-hydrogen) atoms. The van der Waals surface area contributed by atoms with Crippen LogP contribution in [0.25, 0.3) is 5.76 Å². The minimum atomic E-state index is -0.823. The van der Waals surface area contributed by atoms with Crippen molar-refractivity contribution in [2.75, 3.05) is 33.5 Å². The van der Waals surface area contributed by atoms with Gasteiger partial charge in [-0.1, -0.05) is 36.4 Å². The van der Waals surface area contributed by atoms with Gasteiger partial charge in [0.25, 0.3) is 11.7 Å². The molecule has 3 aromatic carbocycles. The fourth-order valence-electron chi connectivity index (χ4n) is 4.83. The van der Waals surface area contributed by atoms with Crippen molar-refractivity contribution in [2.45, 2.75) is 19.4 Å². The molecule has 1 amide bonds. The van der Waals surface area contributed by atoms with Gasteiger partial charge in [0.05, 0.1) is 25.3 Å². The van der Waals surface area contributed by atoms with Crippen LogP contribution in [0.5, 0.6) is 23.0 Å². The molecule has 2 aliphatic heterocycles. The van der Waals surface area contributed by atoms with E-state index in [1.54, 1.807) is 36.4 Å². The average molecular weight is 516 g/mol. The van der Waals surface area contributed by atoms with E-state index < -0.39 is 17.7 Å². The zero-order valence-electron chi connectivity index (χ0n) is 21.3. The fraction of sp³-hybridized carbons (Fsp3) is 0.267. The van der Waals surface area contributed by atoms with Gasteiger partial charge in [-0.25, -0.2) is 0 Å². The summed E-state index contributed by atoms with van der Waals surface area (Å²) in [7, 11) is 1.53. The Bertz CT molecular complexity index is 1380. The van der Waals surface area contributed by atoms with Gasteiger partial charge in [0.15, 0.2) is 23.0 Å². The number of fused-ring (bicyclic) bond motifs is 1. The number of amides is 1. The molecule has 0 unspecified atom stereocenters. The van der Waals surface area contributed by atoms with Crippen LogP contribution in [0.15, 0.2) is 72.3 Å². The number of hydrogen-bond acceptors (Lipinski definition) is 7. The number of aliphatic hydroxyl groups is 1. The lowest BCUT2D eigenvalue weighted by Gasteiger charge is -2.26. The van der Waals surface area contributed by atoms with Crippen molar-refractivity contribution in [3.8, 4) is 23.0 Å². The average Bonchev–Trinajstić information content (AvgIpc) is 3.21. The van der Waals surface area contributed by atoms with E-state index in [1.165, 1.54) is 12.0 Å². The van der Waals surface area contributed by atoms with Gasteiger partial charge >= 0.3 is 0 Å². The summed E-state index contributed by atoms with van der Waals surface area (Å²) < 4.78 is 22.4. The summed E-state index contributed by atoms with van der Waals surface area (Å²) in [6, 6.07) is 19.1. The second-order valence-corrected chi connectivity index (χ2v) is 8.93. The van der Waals surface area contributed by atoms with E-state index >= 15 is 0 Å². The Morgan fingerprint density at radius 2 is 1.74 bits per heavy atom. The number of Topliss-reactive ketones (excluding diaryl/α,β-unsaturated/α-hetero) is 1. The maximum atomic E-state index is 13.4. The molecule has 1 saturated heterocycles. The maximum Gasteiger partial charge on any atom is 0.295 e. The molecule has 0 aromatic heterocycles. The number of carbonyl (C=O) groups is 2. The fourth-order valence-corrected chi connectivity index (χ4v) is 4.83. The van der Waals surface area contributed by atoms with E-state index in [0.717, 1.165) is 5.56 Å². The van der Waals surface area contributed by atoms with Crippen LogP contribution in [-0.4, -0.2) is 55.2 Å². The Hall–Kier alpha value is -4.46. The molecule has 3 aromatic rings. The summed E-state index contributed by atoms with van der Waals surface area (Å²) in [5.41, 5.74) is 2.02. The van der Waals surface area contributed by atoms with Crippen LogP contribution >= 0.6 is 0 Å². The molecule has 8 heteroatoms. The van der Waals surface area contributed by atoms with Gasteiger partial charge < -0.3 is 29.0 Å². The number of carbonyl (C=O) groups excluding carboxylic acids is 2. The number of methoxy groups -OCH3 is 1. The molecule has 0 radical (unpaired) electrons. The predicted octanol–water partition coefficient (Wildman–Crippen LogP) is 4.53. The highest BCUT2D eigenvalue weighted by Crippen LogP contribution is 2.43. The lowest BCUT2D eigenvalue weighted by molar-refractivity contribution is -0.139. The number of hydrogen-bond donors (Lipinski definition) is 1. The molecule has 5 rings (SSSR count). The second-order valence-electron chi connectivity index (χ2n) is 8.93. The standard InChI is InChI=1S/C30H29NO7/c1-3-36-22-11-9-20(17-24(22)35-2)27-26(28(32)21-10-12-23-25(18-21)38-16-15-37-23)29(33)30(34)31(27)14-13-19-7-5-4-6-8-19/h4-12,17-18,27,32H,3,13-16H2,1-2H3/b28-26+/t27-/m1/s1. The number of aliphatic hydroxyl groups excluding tert-OH is 1. The van der Waals surface area contributed by atoms with Crippen LogP contribution in [-0.2, 0) is 16.0 Å². The number of ether oxygens (including phenoxy) is 4. The van der Waals surface area contributed by atoms with Crippen molar-refractivity contribution in [3.63, 3.8) is 0 Å². The monoisotopic (exact) mass is 515 g/mol. The first-order valence-electron chi connectivity index (χ1n) is 12.5. The topological polar surface area (TPSA) is 94.5 Å².